The number of nitrogens with one attached hydrogen (secondary N) is 1. The van der Waals surface area contributed by atoms with E-state index in [1.165, 1.54) is 0 Å². The summed E-state index contributed by atoms with van der Waals surface area (Å²) in [5.41, 5.74) is 2.09. The molecule has 0 saturated carbocycles. The van der Waals surface area contributed by atoms with E-state index in [9.17, 15) is 14.4 Å². The highest BCUT2D eigenvalue weighted by Gasteiger charge is 2.29. The summed E-state index contributed by atoms with van der Waals surface area (Å²) in [6.07, 6.45) is 4.43. The first-order valence-electron chi connectivity index (χ1n) is 11.7. The van der Waals surface area contributed by atoms with Crippen LogP contribution in [0, 0.1) is 5.92 Å². The molecule has 2 saturated heterocycles. The molecule has 3 amide bonds. The number of anilines is 1. The van der Waals surface area contributed by atoms with Gasteiger partial charge >= 0.3 is 0 Å². The Kier molecular flexibility index (Phi) is 7.65. The summed E-state index contributed by atoms with van der Waals surface area (Å²) in [5, 5.41) is 3.42. The molecule has 2 fully saturated rings. The highest BCUT2D eigenvalue weighted by atomic mass is 35.5. The maximum absolute atomic E-state index is 13.0. The standard InChI is InChI=1S/C26H30ClN3O3/c27-21-9-10-23(22(18-21)26(33)30-14-4-5-15-30)28-25(32)20-12-16-29(17-13-20)24(31)11-8-19-6-2-1-3-7-19/h1-3,6-7,9-10,18,20H,4-5,8,11-17H2,(H,28,32). The number of hydrogen-bond acceptors (Lipinski definition) is 3. The van der Waals surface area contributed by atoms with Gasteiger partial charge in [-0.1, -0.05) is 41.9 Å². The van der Waals surface area contributed by atoms with Crippen LogP contribution in [0.3, 0.4) is 0 Å². The molecule has 0 atom stereocenters. The lowest BCUT2D eigenvalue weighted by Crippen LogP contribution is -2.41. The summed E-state index contributed by atoms with van der Waals surface area (Å²) >= 11 is 6.14. The van der Waals surface area contributed by atoms with Crippen LogP contribution in [0.15, 0.2) is 48.5 Å². The zero-order valence-electron chi connectivity index (χ0n) is 18.8. The van der Waals surface area contributed by atoms with Crippen molar-refractivity contribution in [3.8, 4) is 0 Å². The van der Waals surface area contributed by atoms with Gasteiger partial charge in [-0.25, -0.2) is 0 Å². The van der Waals surface area contributed by atoms with Crippen molar-refractivity contribution in [1.82, 2.24) is 9.80 Å². The molecule has 2 heterocycles. The predicted octanol–water partition coefficient (Wildman–Crippen LogP) is 4.39. The van der Waals surface area contributed by atoms with Gasteiger partial charge in [0, 0.05) is 43.5 Å². The van der Waals surface area contributed by atoms with E-state index >= 15 is 0 Å². The molecular weight excluding hydrogens is 438 g/mol. The molecule has 33 heavy (non-hydrogen) atoms. The second kappa shape index (κ2) is 10.8. The van der Waals surface area contributed by atoms with Crippen LogP contribution in [0.5, 0.6) is 0 Å². The van der Waals surface area contributed by atoms with E-state index in [0.29, 0.717) is 48.6 Å². The topological polar surface area (TPSA) is 69.7 Å². The van der Waals surface area contributed by atoms with Crippen LogP contribution in [0.2, 0.25) is 5.02 Å². The number of likely N-dealkylation sites (tertiary alicyclic amines) is 2. The predicted molar refractivity (Wildman–Crippen MR) is 129 cm³/mol. The molecule has 1 N–H and O–H groups in total. The summed E-state index contributed by atoms with van der Waals surface area (Å²) in [6, 6.07) is 15.0. The van der Waals surface area contributed by atoms with Gasteiger partial charge in [0.05, 0.1) is 11.3 Å². The summed E-state index contributed by atoms with van der Waals surface area (Å²) in [7, 11) is 0. The third-order valence-corrected chi connectivity index (χ3v) is 6.79. The van der Waals surface area contributed by atoms with Crippen molar-refractivity contribution in [2.45, 2.75) is 38.5 Å². The van der Waals surface area contributed by atoms with Crippen LogP contribution in [0.4, 0.5) is 5.69 Å². The monoisotopic (exact) mass is 467 g/mol. The van der Waals surface area contributed by atoms with E-state index in [1.54, 1.807) is 23.1 Å². The van der Waals surface area contributed by atoms with Gasteiger partial charge in [-0.15, -0.1) is 0 Å². The van der Waals surface area contributed by atoms with Crippen LogP contribution in [-0.2, 0) is 16.0 Å². The Hall–Kier alpha value is -2.86. The van der Waals surface area contributed by atoms with Gasteiger partial charge in [-0.2, -0.15) is 0 Å². The Morgan fingerprint density at radius 3 is 2.30 bits per heavy atom. The first kappa shape index (κ1) is 23.3. The van der Waals surface area contributed by atoms with Crippen molar-refractivity contribution in [3.05, 3.63) is 64.7 Å². The molecule has 0 aliphatic carbocycles. The molecule has 2 aliphatic rings. The van der Waals surface area contributed by atoms with Gasteiger partial charge in [0.25, 0.3) is 5.91 Å². The molecule has 6 nitrogen and oxygen atoms in total. The third-order valence-electron chi connectivity index (χ3n) is 6.55. The lowest BCUT2D eigenvalue weighted by atomic mass is 9.95. The third kappa shape index (κ3) is 5.93. The van der Waals surface area contributed by atoms with Crippen molar-refractivity contribution in [3.63, 3.8) is 0 Å². The number of benzene rings is 2. The first-order valence-corrected chi connectivity index (χ1v) is 12.1. The fourth-order valence-corrected chi connectivity index (χ4v) is 4.75. The van der Waals surface area contributed by atoms with Crippen molar-refractivity contribution in [1.29, 1.82) is 0 Å². The van der Waals surface area contributed by atoms with E-state index in [2.05, 4.69) is 5.32 Å². The first-order chi connectivity index (χ1) is 16.0. The summed E-state index contributed by atoms with van der Waals surface area (Å²) < 4.78 is 0. The van der Waals surface area contributed by atoms with Crippen molar-refractivity contribution >= 4 is 35.0 Å². The van der Waals surface area contributed by atoms with Crippen LogP contribution in [0.1, 0.15) is 48.0 Å². The smallest absolute Gasteiger partial charge is 0.256 e. The van der Waals surface area contributed by atoms with E-state index in [-0.39, 0.29) is 23.6 Å². The molecule has 0 radical (unpaired) electrons. The van der Waals surface area contributed by atoms with E-state index in [0.717, 1.165) is 37.9 Å². The molecule has 2 aliphatic heterocycles. The molecule has 0 spiro atoms. The number of carbonyl (C=O) groups is 3. The van der Waals surface area contributed by atoms with Crippen LogP contribution in [0.25, 0.3) is 0 Å². The number of rotatable bonds is 6. The van der Waals surface area contributed by atoms with Crippen LogP contribution >= 0.6 is 11.6 Å². The maximum Gasteiger partial charge on any atom is 0.256 e. The number of piperidine rings is 1. The zero-order valence-corrected chi connectivity index (χ0v) is 19.5. The number of aryl methyl sites for hydroxylation is 1. The molecule has 2 aromatic carbocycles. The minimum atomic E-state index is -0.186. The lowest BCUT2D eigenvalue weighted by Gasteiger charge is -2.31. The number of amides is 3. The van der Waals surface area contributed by atoms with Crippen molar-refractivity contribution < 1.29 is 14.4 Å². The maximum atomic E-state index is 13.0. The Morgan fingerprint density at radius 2 is 1.61 bits per heavy atom. The fraction of sp³-hybridized carbons (Fsp3) is 0.423. The molecule has 2 aromatic rings. The zero-order chi connectivity index (χ0) is 23.2. The minimum absolute atomic E-state index is 0.0934. The van der Waals surface area contributed by atoms with Gasteiger partial charge in [-0.05, 0) is 55.9 Å². The van der Waals surface area contributed by atoms with E-state index in [4.69, 9.17) is 11.6 Å². The SMILES string of the molecule is O=C(Nc1ccc(Cl)cc1C(=O)N1CCCC1)C1CCN(C(=O)CCc2ccccc2)CC1. The van der Waals surface area contributed by atoms with Gasteiger partial charge in [0.1, 0.15) is 0 Å². The molecule has 0 unspecified atom stereocenters. The summed E-state index contributed by atoms with van der Waals surface area (Å²) in [6.45, 7) is 2.61. The summed E-state index contributed by atoms with van der Waals surface area (Å²) in [5.74, 6) is -0.254. The number of nitrogens with zero attached hydrogens (tertiary/aromatic N) is 2. The highest BCUT2D eigenvalue weighted by molar-refractivity contribution is 6.31. The average molecular weight is 468 g/mol. The highest BCUT2D eigenvalue weighted by Crippen LogP contribution is 2.26. The van der Waals surface area contributed by atoms with Gasteiger partial charge < -0.3 is 15.1 Å². The molecule has 7 heteroatoms. The largest absolute Gasteiger partial charge is 0.343 e. The Labute approximate surface area is 199 Å². The molecule has 0 aromatic heterocycles. The van der Waals surface area contributed by atoms with Crippen LogP contribution < -0.4 is 5.32 Å². The van der Waals surface area contributed by atoms with Gasteiger partial charge in [0.15, 0.2) is 0 Å². The normalized spacial score (nSPS) is 16.6. The minimum Gasteiger partial charge on any atom is -0.343 e. The quantitative estimate of drug-likeness (QED) is 0.685. The van der Waals surface area contributed by atoms with E-state index < -0.39 is 0 Å². The van der Waals surface area contributed by atoms with Gasteiger partial charge in [0.2, 0.25) is 11.8 Å². The fourth-order valence-electron chi connectivity index (χ4n) is 4.57. The second-order valence-corrected chi connectivity index (χ2v) is 9.26. The lowest BCUT2D eigenvalue weighted by molar-refractivity contribution is -0.134. The summed E-state index contributed by atoms with van der Waals surface area (Å²) in [4.78, 5) is 42.1. The van der Waals surface area contributed by atoms with Crippen molar-refractivity contribution in [2.75, 3.05) is 31.5 Å². The van der Waals surface area contributed by atoms with Gasteiger partial charge in [-0.3, -0.25) is 14.4 Å². The molecular formula is C26H30ClN3O3. The Balaban J connectivity index is 1.31. The Bertz CT molecular complexity index is 997. The van der Waals surface area contributed by atoms with Crippen LogP contribution in [-0.4, -0.2) is 53.7 Å². The molecule has 0 bridgehead atoms. The van der Waals surface area contributed by atoms with Crippen molar-refractivity contribution in [2.24, 2.45) is 5.92 Å². The molecule has 4 rings (SSSR count). The number of hydrogen-bond donors (Lipinski definition) is 1. The van der Waals surface area contributed by atoms with E-state index in [1.807, 2.05) is 35.2 Å². The Morgan fingerprint density at radius 1 is 0.909 bits per heavy atom. The number of carbonyl (C=O) groups excluding carboxylic acids is 3. The second-order valence-electron chi connectivity index (χ2n) is 8.82. The average Bonchev–Trinajstić information content (AvgIpc) is 3.39. The number of halogens is 1. The molecule has 174 valence electrons.